The Balaban J connectivity index is 3.03. The molecule has 0 amide bonds. The van der Waals surface area contributed by atoms with Crippen LogP contribution >= 0.6 is 0 Å². The van der Waals surface area contributed by atoms with E-state index in [1.54, 1.807) is 31.2 Å². The Labute approximate surface area is 115 Å². The van der Waals surface area contributed by atoms with E-state index in [0.717, 1.165) is 5.56 Å². The molecule has 1 aromatic carbocycles. The lowest BCUT2D eigenvalue weighted by atomic mass is 10.1. The molecule has 19 heavy (non-hydrogen) atoms. The quantitative estimate of drug-likeness (QED) is 0.817. The number of benzene rings is 1. The van der Waals surface area contributed by atoms with Gasteiger partial charge < -0.3 is 10.4 Å². The molecule has 0 saturated heterocycles. The maximum atomic E-state index is 12.3. The average molecular weight is 286 g/mol. The summed E-state index contributed by atoms with van der Waals surface area (Å²) in [7, 11) is -0.221. The molecule has 0 spiro atoms. The van der Waals surface area contributed by atoms with Gasteiger partial charge in [-0.25, -0.2) is 8.42 Å². The van der Waals surface area contributed by atoms with Crippen molar-refractivity contribution in [1.82, 2.24) is 9.62 Å². The number of aliphatic hydroxyl groups is 1. The van der Waals surface area contributed by atoms with Crippen molar-refractivity contribution in [2.75, 3.05) is 20.7 Å². The Hall–Kier alpha value is -0.950. The van der Waals surface area contributed by atoms with Crippen molar-refractivity contribution in [3.8, 4) is 0 Å². The number of sulfonamides is 1. The van der Waals surface area contributed by atoms with E-state index in [2.05, 4.69) is 5.32 Å². The van der Waals surface area contributed by atoms with E-state index in [1.165, 1.54) is 11.4 Å². The number of likely N-dealkylation sites (N-methyl/N-ethyl adjacent to an activating group) is 1. The highest BCUT2D eigenvalue weighted by Crippen LogP contribution is 2.19. The fourth-order valence-electron chi connectivity index (χ4n) is 1.61. The zero-order chi connectivity index (χ0) is 14.6. The van der Waals surface area contributed by atoms with Gasteiger partial charge in [0.2, 0.25) is 10.0 Å². The second-order valence-electron chi connectivity index (χ2n) is 4.63. The normalized spacial score (nSPS) is 15.5. The van der Waals surface area contributed by atoms with Crippen LogP contribution in [0.5, 0.6) is 0 Å². The van der Waals surface area contributed by atoms with E-state index in [0.29, 0.717) is 0 Å². The van der Waals surface area contributed by atoms with Gasteiger partial charge in [0.25, 0.3) is 0 Å². The highest BCUT2D eigenvalue weighted by atomic mass is 32.2. The van der Waals surface area contributed by atoms with Gasteiger partial charge in [-0.15, -0.1) is 0 Å². The summed E-state index contributed by atoms with van der Waals surface area (Å²) < 4.78 is 25.7. The fraction of sp³-hybridized carbons (Fsp3) is 0.538. The maximum Gasteiger partial charge on any atom is 0.243 e. The van der Waals surface area contributed by atoms with Crippen molar-refractivity contribution in [3.05, 3.63) is 29.8 Å². The van der Waals surface area contributed by atoms with Crippen molar-refractivity contribution in [2.24, 2.45) is 0 Å². The van der Waals surface area contributed by atoms with E-state index >= 15 is 0 Å². The molecule has 108 valence electrons. The van der Waals surface area contributed by atoms with E-state index in [1.807, 2.05) is 14.0 Å². The van der Waals surface area contributed by atoms with Gasteiger partial charge in [-0.05, 0) is 38.6 Å². The van der Waals surface area contributed by atoms with E-state index in [9.17, 15) is 8.42 Å². The molecule has 2 atom stereocenters. The second-order valence-corrected chi connectivity index (χ2v) is 6.63. The van der Waals surface area contributed by atoms with Gasteiger partial charge in [0.15, 0.2) is 0 Å². The highest BCUT2D eigenvalue weighted by molar-refractivity contribution is 7.89. The minimum absolute atomic E-state index is 0.172. The monoisotopic (exact) mass is 286 g/mol. The number of hydrogen-bond donors (Lipinski definition) is 2. The van der Waals surface area contributed by atoms with Crippen LogP contribution in [0.1, 0.15) is 25.5 Å². The molecule has 5 nitrogen and oxygen atoms in total. The van der Waals surface area contributed by atoms with E-state index < -0.39 is 16.1 Å². The van der Waals surface area contributed by atoms with Gasteiger partial charge in [0.05, 0.1) is 11.5 Å². The number of nitrogens with one attached hydrogen (secondary N) is 1. The molecule has 0 radical (unpaired) electrons. The highest BCUT2D eigenvalue weighted by Gasteiger charge is 2.24. The van der Waals surface area contributed by atoms with Gasteiger partial charge in [0.1, 0.15) is 0 Å². The topological polar surface area (TPSA) is 69.6 Å². The van der Waals surface area contributed by atoms with Gasteiger partial charge in [-0.2, -0.15) is 4.31 Å². The SMILES string of the molecule is CNC(C)c1ccc(S(=O)(=O)N(C)C(C)CO)cc1. The van der Waals surface area contributed by atoms with Crippen LogP contribution in [0.3, 0.4) is 0 Å². The number of nitrogens with zero attached hydrogens (tertiary/aromatic N) is 1. The average Bonchev–Trinajstić information content (AvgIpc) is 2.44. The van der Waals surface area contributed by atoms with E-state index in [4.69, 9.17) is 5.11 Å². The smallest absolute Gasteiger partial charge is 0.243 e. The first-order valence-electron chi connectivity index (χ1n) is 6.20. The first-order chi connectivity index (χ1) is 8.84. The molecule has 0 bridgehead atoms. The molecule has 0 saturated carbocycles. The molecule has 2 N–H and O–H groups in total. The first-order valence-corrected chi connectivity index (χ1v) is 7.64. The lowest BCUT2D eigenvalue weighted by Gasteiger charge is -2.22. The molecule has 6 heteroatoms. The summed E-state index contributed by atoms with van der Waals surface area (Å²) in [5, 5.41) is 12.1. The van der Waals surface area contributed by atoms with Crippen molar-refractivity contribution < 1.29 is 13.5 Å². The molecular formula is C13H22N2O3S. The third kappa shape index (κ3) is 3.54. The van der Waals surface area contributed by atoms with Crippen LogP contribution in [-0.2, 0) is 10.0 Å². The summed E-state index contributed by atoms with van der Waals surface area (Å²) in [4.78, 5) is 0.238. The Morgan fingerprint density at radius 3 is 2.21 bits per heavy atom. The molecular weight excluding hydrogens is 264 g/mol. The van der Waals surface area contributed by atoms with Crippen LogP contribution in [-0.4, -0.2) is 44.6 Å². The van der Waals surface area contributed by atoms with Crippen LogP contribution in [0.4, 0.5) is 0 Å². The molecule has 1 rings (SSSR count). The van der Waals surface area contributed by atoms with Gasteiger partial charge >= 0.3 is 0 Å². The fourth-order valence-corrected chi connectivity index (χ4v) is 2.97. The summed E-state index contributed by atoms with van der Waals surface area (Å²) in [5.74, 6) is 0. The summed E-state index contributed by atoms with van der Waals surface area (Å²) >= 11 is 0. The third-order valence-electron chi connectivity index (χ3n) is 3.38. The van der Waals surface area contributed by atoms with Crippen LogP contribution in [0, 0.1) is 0 Å². The van der Waals surface area contributed by atoms with Gasteiger partial charge in [-0.1, -0.05) is 12.1 Å². The van der Waals surface area contributed by atoms with Crippen molar-refractivity contribution >= 4 is 10.0 Å². The summed E-state index contributed by atoms with van der Waals surface area (Å²) in [6, 6.07) is 6.52. The molecule has 0 aromatic heterocycles. The molecule has 2 unspecified atom stereocenters. The van der Waals surface area contributed by atoms with Crippen LogP contribution in [0.25, 0.3) is 0 Å². The first kappa shape index (κ1) is 16.1. The largest absolute Gasteiger partial charge is 0.395 e. The molecule has 0 aliphatic rings. The predicted octanol–water partition coefficient (Wildman–Crippen LogP) is 0.968. The minimum Gasteiger partial charge on any atom is -0.395 e. The lowest BCUT2D eigenvalue weighted by molar-refractivity contribution is 0.214. The minimum atomic E-state index is -3.55. The molecule has 0 heterocycles. The predicted molar refractivity (Wildman–Crippen MR) is 75.4 cm³/mol. The number of aliphatic hydroxyl groups excluding tert-OH is 1. The Morgan fingerprint density at radius 1 is 1.26 bits per heavy atom. The zero-order valence-electron chi connectivity index (χ0n) is 11.8. The van der Waals surface area contributed by atoms with E-state index in [-0.39, 0.29) is 17.5 Å². The second kappa shape index (κ2) is 6.47. The molecule has 0 aliphatic carbocycles. The van der Waals surface area contributed by atoms with Gasteiger partial charge in [0, 0.05) is 19.1 Å². The van der Waals surface area contributed by atoms with Gasteiger partial charge in [-0.3, -0.25) is 0 Å². The van der Waals surface area contributed by atoms with Crippen molar-refractivity contribution in [3.63, 3.8) is 0 Å². The number of rotatable bonds is 6. The van der Waals surface area contributed by atoms with Crippen LogP contribution < -0.4 is 5.32 Å². The standard InChI is InChI=1S/C13H22N2O3S/c1-10(9-16)15(4)19(17,18)13-7-5-12(6-8-13)11(2)14-3/h5-8,10-11,14,16H,9H2,1-4H3. The molecule has 0 fully saturated rings. The molecule has 1 aromatic rings. The summed E-state index contributed by atoms with van der Waals surface area (Å²) in [6.45, 7) is 3.46. The Bertz CT molecular complexity index is 499. The zero-order valence-corrected chi connectivity index (χ0v) is 12.6. The molecule has 0 aliphatic heterocycles. The van der Waals surface area contributed by atoms with Crippen molar-refractivity contribution in [1.29, 1.82) is 0 Å². The number of hydrogen-bond acceptors (Lipinski definition) is 4. The third-order valence-corrected chi connectivity index (χ3v) is 5.36. The summed E-state index contributed by atoms with van der Waals surface area (Å²) in [6.07, 6.45) is 0. The van der Waals surface area contributed by atoms with Crippen LogP contribution in [0.15, 0.2) is 29.2 Å². The Kier molecular flexibility index (Phi) is 5.49. The Morgan fingerprint density at radius 2 is 1.79 bits per heavy atom. The maximum absolute atomic E-state index is 12.3. The van der Waals surface area contributed by atoms with Crippen molar-refractivity contribution in [2.45, 2.75) is 30.8 Å². The van der Waals surface area contributed by atoms with Crippen LogP contribution in [0.2, 0.25) is 0 Å². The summed E-state index contributed by atoms with van der Waals surface area (Å²) in [5.41, 5.74) is 1.03. The lowest BCUT2D eigenvalue weighted by Crippen LogP contribution is -2.37.